The lowest BCUT2D eigenvalue weighted by atomic mass is 10.1. The fourth-order valence-corrected chi connectivity index (χ4v) is 3.03. The van der Waals surface area contributed by atoms with Crippen LogP contribution in [0.25, 0.3) is 0 Å². The summed E-state index contributed by atoms with van der Waals surface area (Å²) in [5.74, 6) is -0.480. The highest BCUT2D eigenvalue weighted by Crippen LogP contribution is 2.36. The molecule has 0 aromatic heterocycles. The average Bonchev–Trinajstić information content (AvgIpc) is 3.55. The Morgan fingerprint density at radius 1 is 1.07 bits per heavy atom. The van der Waals surface area contributed by atoms with Gasteiger partial charge >= 0.3 is 12.1 Å². The largest absolute Gasteiger partial charge is 0.467 e. The van der Waals surface area contributed by atoms with Crippen LogP contribution in [0.5, 0.6) is 0 Å². The van der Waals surface area contributed by atoms with Gasteiger partial charge in [0.15, 0.2) is 6.23 Å². The molecule has 1 aliphatic heterocycles. The van der Waals surface area contributed by atoms with E-state index in [1.54, 1.807) is 0 Å². The van der Waals surface area contributed by atoms with Crippen LogP contribution >= 0.6 is 0 Å². The quantitative estimate of drug-likeness (QED) is 0.374. The maximum absolute atomic E-state index is 12.0. The molecule has 154 valence electrons. The number of nitrogens with zero attached hydrogens (tertiary/aromatic N) is 1. The predicted octanol–water partition coefficient (Wildman–Crippen LogP) is 3.57. The van der Waals surface area contributed by atoms with Gasteiger partial charge in [0.05, 0.1) is 7.11 Å². The average molecular weight is 398 g/mol. The predicted molar refractivity (Wildman–Crippen MR) is 106 cm³/mol. The van der Waals surface area contributed by atoms with Crippen LogP contribution in [-0.2, 0) is 25.7 Å². The van der Waals surface area contributed by atoms with E-state index >= 15 is 0 Å². The van der Waals surface area contributed by atoms with E-state index in [9.17, 15) is 9.59 Å². The highest BCUT2D eigenvalue weighted by molar-refractivity contribution is 5.81. The molecule has 1 heterocycles. The zero-order chi connectivity index (χ0) is 20.5. The van der Waals surface area contributed by atoms with Crippen LogP contribution in [0.15, 0.2) is 60.7 Å². The van der Waals surface area contributed by atoms with E-state index in [2.05, 4.69) is 5.32 Å². The molecule has 0 radical (unpaired) electrons. The van der Waals surface area contributed by atoms with Crippen LogP contribution < -0.4 is 5.32 Å². The second-order valence-corrected chi connectivity index (χ2v) is 6.79. The molecule has 29 heavy (non-hydrogen) atoms. The van der Waals surface area contributed by atoms with Crippen molar-refractivity contribution in [3.8, 4) is 0 Å². The number of nitrogens with one attached hydrogen (secondary N) is 1. The standard InChI is InChI=1S/C22H26N2O5/c1-27-21(25)19(23-22(26)28-16-17-10-4-2-5-11-17)14-8-9-15-24-20(29-24)18-12-6-3-7-13-18/h2-7,10-13,19-20H,8-9,14-16H2,1H3,(H,23,26)/t19-,20-,24?/m0/s1. The number of methoxy groups -OCH3 is 1. The molecule has 3 atom stereocenters. The van der Waals surface area contributed by atoms with E-state index in [1.807, 2.05) is 65.7 Å². The van der Waals surface area contributed by atoms with Crippen molar-refractivity contribution < 1.29 is 23.9 Å². The Bertz CT molecular complexity index is 784. The van der Waals surface area contributed by atoms with Gasteiger partial charge in [-0.15, -0.1) is 0 Å². The van der Waals surface area contributed by atoms with Gasteiger partial charge in [-0.2, -0.15) is 5.06 Å². The fraction of sp³-hybridized carbons (Fsp3) is 0.364. The highest BCUT2D eigenvalue weighted by atomic mass is 16.8. The van der Waals surface area contributed by atoms with E-state index in [-0.39, 0.29) is 12.8 Å². The molecule has 0 aliphatic carbocycles. The summed E-state index contributed by atoms with van der Waals surface area (Å²) in [6.45, 7) is 0.902. The molecule has 7 nitrogen and oxygen atoms in total. The summed E-state index contributed by atoms with van der Waals surface area (Å²) < 4.78 is 9.98. The summed E-state index contributed by atoms with van der Waals surface area (Å²) in [4.78, 5) is 29.6. The molecular weight excluding hydrogens is 372 g/mol. The van der Waals surface area contributed by atoms with Gasteiger partial charge < -0.3 is 14.8 Å². The number of carbonyl (C=O) groups excluding carboxylic acids is 2. The van der Waals surface area contributed by atoms with Crippen LogP contribution in [0.1, 0.15) is 36.6 Å². The number of amides is 1. The summed E-state index contributed by atoms with van der Waals surface area (Å²) in [6, 6.07) is 18.6. The number of hydrogen-bond acceptors (Lipinski definition) is 6. The van der Waals surface area contributed by atoms with Gasteiger partial charge in [0.2, 0.25) is 0 Å². The summed E-state index contributed by atoms with van der Waals surface area (Å²) >= 11 is 0. The number of unbranched alkanes of at least 4 members (excludes halogenated alkanes) is 1. The number of alkyl carbamates (subject to hydrolysis) is 1. The minimum atomic E-state index is -0.733. The maximum atomic E-state index is 12.0. The Hall–Kier alpha value is -2.90. The lowest BCUT2D eigenvalue weighted by molar-refractivity contribution is -0.143. The van der Waals surface area contributed by atoms with E-state index in [0.29, 0.717) is 6.42 Å². The number of benzene rings is 2. The zero-order valence-corrected chi connectivity index (χ0v) is 16.5. The fourth-order valence-electron chi connectivity index (χ4n) is 3.03. The number of hydrogen-bond donors (Lipinski definition) is 1. The van der Waals surface area contributed by atoms with Gasteiger partial charge in [0.1, 0.15) is 12.6 Å². The highest BCUT2D eigenvalue weighted by Gasteiger charge is 2.37. The Morgan fingerprint density at radius 3 is 2.45 bits per heavy atom. The summed E-state index contributed by atoms with van der Waals surface area (Å²) in [5.41, 5.74) is 2.01. The van der Waals surface area contributed by atoms with E-state index < -0.39 is 18.1 Å². The lowest BCUT2D eigenvalue weighted by Crippen LogP contribution is -2.41. The van der Waals surface area contributed by atoms with Crippen molar-refractivity contribution in [1.29, 1.82) is 0 Å². The molecule has 2 aromatic carbocycles. The third-order valence-corrected chi connectivity index (χ3v) is 4.65. The number of rotatable bonds is 10. The second-order valence-electron chi connectivity index (χ2n) is 6.79. The van der Waals surface area contributed by atoms with Gasteiger partial charge in [-0.1, -0.05) is 60.7 Å². The molecule has 0 spiro atoms. The van der Waals surface area contributed by atoms with E-state index in [1.165, 1.54) is 7.11 Å². The molecule has 0 bridgehead atoms. The number of esters is 1. The molecule has 1 N–H and O–H groups in total. The number of ether oxygens (including phenoxy) is 2. The first-order chi connectivity index (χ1) is 14.2. The van der Waals surface area contributed by atoms with Crippen molar-refractivity contribution in [3.05, 3.63) is 71.8 Å². The third kappa shape index (κ3) is 6.58. The Labute approximate surface area is 170 Å². The molecule has 3 rings (SSSR count). The normalized spacial score (nSPS) is 18.5. The number of hydroxylamine groups is 2. The van der Waals surface area contributed by atoms with Crippen LogP contribution in [0.4, 0.5) is 4.79 Å². The maximum Gasteiger partial charge on any atom is 0.408 e. The Balaban J connectivity index is 1.36. The molecule has 2 aromatic rings. The third-order valence-electron chi connectivity index (χ3n) is 4.65. The first kappa shape index (κ1) is 20.8. The number of carbonyl (C=O) groups is 2. The minimum Gasteiger partial charge on any atom is -0.467 e. The zero-order valence-electron chi connectivity index (χ0n) is 16.5. The first-order valence-electron chi connectivity index (χ1n) is 9.71. The molecule has 1 fully saturated rings. The van der Waals surface area contributed by atoms with Gasteiger partial charge in [-0.05, 0) is 30.4 Å². The van der Waals surface area contributed by atoms with Crippen molar-refractivity contribution in [2.45, 2.75) is 38.1 Å². The van der Waals surface area contributed by atoms with Crippen molar-refractivity contribution in [3.63, 3.8) is 0 Å². The topological polar surface area (TPSA) is 80.2 Å². The van der Waals surface area contributed by atoms with Gasteiger partial charge in [0, 0.05) is 6.54 Å². The van der Waals surface area contributed by atoms with Crippen molar-refractivity contribution in [2.75, 3.05) is 13.7 Å². The summed E-state index contributed by atoms with van der Waals surface area (Å²) in [7, 11) is 1.31. The summed E-state index contributed by atoms with van der Waals surface area (Å²) in [5, 5.41) is 4.50. The molecule has 1 saturated heterocycles. The van der Waals surface area contributed by atoms with E-state index in [0.717, 1.165) is 30.5 Å². The Morgan fingerprint density at radius 2 is 1.76 bits per heavy atom. The second kappa shape index (κ2) is 10.6. The molecule has 1 unspecified atom stereocenters. The lowest BCUT2D eigenvalue weighted by Gasteiger charge is -2.16. The molecule has 0 saturated carbocycles. The van der Waals surface area contributed by atoms with Crippen molar-refractivity contribution >= 4 is 12.1 Å². The van der Waals surface area contributed by atoms with Crippen LogP contribution in [0.3, 0.4) is 0 Å². The van der Waals surface area contributed by atoms with Crippen molar-refractivity contribution in [1.82, 2.24) is 10.4 Å². The van der Waals surface area contributed by atoms with Crippen LogP contribution in [-0.4, -0.2) is 36.8 Å². The van der Waals surface area contributed by atoms with E-state index in [4.69, 9.17) is 14.3 Å². The summed E-state index contributed by atoms with van der Waals surface area (Å²) in [6.07, 6.45) is 1.41. The van der Waals surface area contributed by atoms with Gasteiger partial charge in [-0.25, -0.2) is 9.59 Å². The Kier molecular flexibility index (Phi) is 7.61. The van der Waals surface area contributed by atoms with Crippen molar-refractivity contribution in [2.24, 2.45) is 0 Å². The van der Waals surface area contributed by atoms with Gasteiger partial charge in [0.25, 0.3) is 0 Å². The van der Waals surface area contributed by atoms with Gasteiger partial charge in [-0.3, -0.25) is 4.84 Å². The van der Waals surface area contributed by atoms with Crippen LogP contribution in [0.2, 0.25) is 0 Å². The monoisotopic (exact) mass is 398 g/mol. The first-order valence-corrected chi connectivity index (χ1v) is 9.71. The van der Waals surface area contributed by atoms with Crippen LogP contribution in [0, 0.1) is 0 Å². The minimum absolute atomic E-state index is 0.0127. The molecular formula is C22H26N2O5. The molecule has 1 amide bonds. The SMILES string of the molecule is COC(=O)[C@H](CCCCN1O[C@H]1c1ccccc1)NC(=O)OCc1ccccc1. The molecule has 1 aliphatic rings. The molecule has 7 heteroatoms. The smallest absolute Gasteiger partial charge is 0.408 e.